The fraction of sp³-hybridized carbons (Fsp3) is 0.0870. The number of pyridine rings is 1. The van der Waals surface area contributed by atoms with Crippen molar-refractivity contribution in [3.8, 4) is 5.75 Å². The maximum atomic E-state index is 12.2. The maximum Gasteiger partial charge on any atom is 0.337 e. The van der Waals surface area contributed by atoms with Gasteiger partial charge in [-0.15, -0.1) is 0 Å². The SMILES string of the molecule is Cc1cc(/C=C/C(=O)Nc2ccccc2C(=O)O)ccc1OCc1ccncc1. The van der Waals surface area contributed by atoms with Gasteiger partial charge in [0.25, 0.3) is 0 Å². The van der Waals surface area contributed by atoms with Crippen molar-refractivity contribution < 1.29 is 19.4 Å². The van der Waals surface area contributed by atoms with Crippen molar-refractivity contribution >= 4 is 23.6 Å². The number of aryl methyl sites for hydroxylation is 1. The van der Waals surface area contributed by atoms with Crippen LogP contribution in [0.5, 0.6) is 5.75 Å². The van der Waals surface area contributed by atoms with Gasteiger partial charge in [-0.2, -0.15) is 0 Å². The van der Waals surface area contributed by atoms with Gasteiger partial charge < -0.3 is 15.2 Å². The minimum Gasteiger partial charge on any atom is -0.489 e. The summed E-state index contributed by atoms with van der Waals surface area (Å²) in [6, 6.07) is 15.7. The van der Waals surface area contributed by atoms with Crippen LogP contribution in [0.4, 0.5) is 5.69 Å². The van der Waals surface area contributed by atoms with E-state index in [1.807, 2.05) is 37.3 Å². The minimum atomic E-state index is -1.09. The summed E-state index contributed by atoms with van der Waals surface area (Å²) in [7, 11) is 0. The van der Waals surface area contributed by atoms with Gasteiger partial charge in [-0.25, -0.2) is 4.79 Å². The van der Waals surface area contributed by atoms with E-state index in [2.05, 4.69) is 10.3 Å². The van der Waals surface area contributed by atoms with Crippen LogP contribution in [0.15, 0.2) is 73.1 Å². The topological polar surface area (TPSA) is 88.5 Å². The smallest absolute Gasteiger partial charge is 0.337 e. The van der Waals surface area contributed by atoms with Crippen molar-refractivity contribution in [2.24, 2.45) is 0 Å². The number of aromatic carboxylic acids is 1. The second-order valence-corrected chi connectivity index (χ2v) is 6.34. The first-order chi connectivity index (χ1) is 14.0. The fourth-order valence-electron chi connectivity index (χ4n) is 2.70. The summed E-state index contributed by atoms with van der Waals surface area (Å²) >= 11 is 0. The number of anilines is 1. The largest absolute Gasteiger partial charge is 0.489 e. The third-order valence-electron chi connectivity index (χ3n) is 4.19. The predicted octanol–water partition coefficient (Wildman–Crippen LogP) is 4.32. The number of nitrogens with zero attached hydrogens (tertiary/aromatic N) is 1. The number of carbonyl (C=O) groups is 2. The van der Waals surface area contributed by atoms with Crippen molar-refractivity contribution in [1.82, 2.24) is 4.98 Å². The minimum absolute atomic E-state index is 0.0424. The third-order valence-corrected chi connectivity index (χ3v) is 4.19. The summed E-state index contributed by atoms with van der Waals surface area (Å²) in [5, 5.41) is 11.8. The first-order valence-electron chi connectivity index (χ1n) is 8.96. The highest BCUT2D eigenvalue weighted by Gasteiger charge is 2.10. The molecule has 2 aromatic carbocycles. The molecule has 29 heavy (non-hydrogen) atoms. The van der Waals surface area contributed by atoms with Gasteiger partial charge in [0.05, 0.1) is 11.3 Å². The van der Waals surface area contributed by atoms with Gasteiger partial charge in [0.15, 0.2) is 0 Å². The van der Waals surface area contributed by atoms with E-state index >= 15 is 0 Å². The van der Waals surface area contributed by atoms with Crippen LogP contribution >= 0.6 is 0 Å². The molecule has 0 radical (unpaired) electrons. The number of benzene rings is 2. The molecule has 0 saturated heterocycles. The van der Waals surface area contributed by atoms with Crippen LogP contribution in [0.2, 0.25) is 0 Å². The number of ether oxygens (including phenoxy) is 1. The Morgan fingerprint density at radius 3 is 2.59 bits per heavy atom. The molecule has 1 amide bonds. The number of carboxylic acids is 1. The molecule has 6 nitrogen and oxygen atoms in total. The van der Waals surface area contributed by atoms with Crippen molar-refractivity contribution in [2.45, 2.75) is 13.5 Å². The zero-order valence-corrected chi connectivity index (χ0v) is 15.8. The first-order valence-corrected chi connectivity index (χ1v) is 8.96. The lowest BCUT2D eigenvalue weighted by molar-refractivity contribution is -0.111. The van der Waals surface area contributed by atoms with Crippen LogP contribution in [0, 0.1) is 6.92 Å². The molecule has 0 aliphatic carbocycles. The second kappa shape index (κ2) is 9.32. The van der Waals surface area contributed by atoms with Crippen molar-refractivity contribution in [3.63, 3.8) is 0 Å². The number of amides is 1. The van der Waals surface area contributed by atoms with Crippen LogP contribution in [-0.4, -0.2) is 22.0 Å². The lowest BCUT2D eigenvalue weighted by atomic mass is 10.1. The van der Waals surface area contributed by atoms with Crippen LogP contribution < -0.4 is 10.1 Å². The Bertz CT molecular complexity index is 1050. The van der Waals surface area contributed by atoms with Crippen molar-refractivity contribution in [2.75, 3.05) is 5.32 Å². The lowest BCUT2D eigenvalue weighted by Crippen LogP contribution is -2.11. The van der Waals surface area contributed by atoms with Crippen molar-refractivity contribution in [3.05, 3.63) is 95.3 Å². The average molecular weight is 388 g/mol. The highest BCUT2D eigenvalue weighted by atomic mass is 16.5. The van der Waals surface area contributed by atoms with Gasteiger partial charge in [-0.1, -0.05) is 18.2 Å². The van der Waals surface area contributed by atoms with Crippen LogP contribution in [0.3, 0.4) is 0 Å². The molecule has 0 aliphatic rings. The van der Waals surface area contributed by atoms with Gasteiger partial charge in [-0.3, -0.25) is 9.78 Å². The summed E-state index contributed by atoms with van der Waals surface area (Å²) in [4.78, 5) is 27.3. The molecule has 0 unspecified atom stereocenters. The number of para-hydroxylation sites is 1. The second-order valence-electron chi connectivity index (χ2n) is 6.34. The molecule has 6 heteroatoms. The van der Waals surface area contributed by atoms with E-state index < -0.39 is 11.9 Å². The number of nitrogens with one attached hydrogen (secondary N) is 1. The highest BCUT2D eigenvalue weighted by Crippen LogP contribution is 2.21. The van der Waals surface area contributed by atoms with Crippen LogP contribution in [0.1, 0.15) is 27.0 Å². The predicted molar refractivity (Wildman–Crippen MR) is 111 cm³/mol. The summed E-state index contributed by atoms with van der Waals surface area (Å²) in [6.45, 7) is 2.38. The number of hydrogen-bond acceptors (Lipinski definition) is 4. The zero-order chi connectivity index (χ0) is 20.6. The standard InChI is InChI=1S/C23H20N2O4/c1-16-14-17(6-8-21(16)29-15-18-10-12-24-13-11-18)7-9-22(26)25-20-5-3-2-4-19(20)23(27)28/h2-14H,15H2,1H3,(H,25,26)(H,27,28)/b9-7+. The summed E-state index contributed by atoms with van der Waals surface area (Å²) < 4.78 is 5.83. The van der Waals surface area contributed by atoms with E-state index in [4.69, 9.17) is 4.74 Å². The molecule has 3 rings (SSSR count). The normalized spacial score (nSPS) is 10.7. The molecule has 0 saturated carbocycles. The molecule has 0 atom stereocenters. The Labute approximate surface area is 168 Å². The molecule has 0 spiro atoms. The van der Waals surface area contributed by atoms with Gasteiger partial charge in [0.2, 0.25) is 5.91 Å². The molecular weight excluding hydrogens is 368 g/mol. The number of carboxylic acid groups (broad SMARTS) is 1. The maximum absolute atomic E-state index is 12.2. The van der Waals surface area contributed by atoms with E-state index in [1.165, 1.54) is 12.1 Å². The molecule has 1 heterocycles. The van der Waals surface area contributed by atoms with Gasteiger partial charge in [-0.05, 0) is 66.1 Å². The van der Waals surface area contributed by atoms with E-state index in [-0.39, 0.29) is 11.3 Å². The Morgan fingerprint density at radius 1 is 1.10 bits per heavy atom. The number of rotatable bonds is 7. The Hall–Kier alpha value is -3.93. The monoisotopic (exact) mass is 388 g/mol. The summed E-state index contributed by atoms with van der Waals surface area (Å²) in [6.07, 6.45) is 6.47. The number of aromatic nitrogens is 1. The molecule has 0 fully saturated rings. The van der Waals surface area contributed by atoms with Crippen molar-refractivity contribution in [1.29, 1.82) is 0 Å². The fourth-order valence-corrected chi connectivity index (χ4v) is 2.70. The quantitative estimate of drug-likeness (QED) is 0.589. The number of hydrogen-bond donors (Lipinski definition) is 2. The van der Waals surface area contributed by atoms with Crippen LogP contribution in [0.25, 0.3) is 6.08 Å². The lowest BCUT2D eigenvalue weighted by Gasteiger charge is -2.10. The average Bonchev–Trinajstić information content (AvgIpc) is 2.72. The first kappa shape index (κ1) is 19.8. The Morgan fingerprint density at radius 2 is 1.86 bits per heavy atom. The van der Waals surface area contributed by atoms with Gasteiger partial charge in [0.1, 0.15) is 12.4 Å². The molecule has 0 bridgehead atoms. The molecule has 1 aromatic heterocycles. The van der Waals surface area contributed by atoms with Crippen LogP contribution in [-0.2, 0) is 11.4 Å². The Balaban J connectivity index is 1.63. The van der Waals surface area contributed by atoms with E-state index in [9.17, 15) is 14.7 Å². The zero-order valence-electron chi connectivity index (χ0n) is 15.8. The molecule has 2 N–H and O–H groups in total. The summed E-state index contributed by atoms with van der Waals surface area (Å²) in [5.41, 5.74) is 3.10. The third kappa shape index (κ3) is 5.52. The molecule has 3 aromatic rings. The Kier molecular flexibility index (Phi) is 6.37. The summed E-state index contributed by atoms with van der Waals surface area (Å²) in [5.74, 6) is -0.740. The van der Waals surface area contributed by atoms with E-state index in [0.717, 1.165) is 22.4 Å². The van der Waals surface area contributed by atoms with Gasteiger partial charge >= 0.3 is 5.97 Å². The molecule has 146 valence electrons. The highest BCUT2D eigenvalue weighted by molar-refractivity contribution is 6.06. The van der Waals surface area contributed by atoms with E-state index in [1.54, 1.807) is 36.7 Å². The molecule has 0 aliphatic heterocycles. The van der Waals surface area contributed by atoms with E-state index in [0.29, 0.717) is 6.61 Å². The number of carbonyl (C=O) groups excluding carboxylic acids is 1. The molecular formula is C23H20N2O4. The van der Waals surface area contributed by atoms with Gasteiger partial charge in [0, 0.05) is 18.5 Å².